The molecule has 0 fully saturated rings. The average molecular weight is 275 g/mol. The van der Waals surface area contributed by atoms with Crippen LogP contribution in [0.3, 0.4) is 0 Å². The molecule has 0 unspecified atom stereocenters. The van der Waals surface area contributed by atoms with E-state index in [-0.39, 0.29) is 0 Å². The molecule has 2 rings (SSSR count). The number of aryl methyl sites for hydroxylation is 2. The van der Waals surface area contributed by atoms with Crippen LogP contribution in [0.2, 0.25) is 0 Å². The number of hydrogen-bond acceptors (Lipinski definition) is 3. The van der Waals surface area contributed by atoms with E-state index in [2.05, 4.69) is 37.4 Å². The van der Waals surface area contributed by atoms with Crippen molar-refractivity contribution in [2.75, 3.05) is 5.73 Å². The Kier molecular flexibility index (Phi) is 4.47. The van der Waals surface area contributed by atoms with Crippen molar-refractivity contribution in [2.24, 2.45) is 0 Å². The molecular weight excluding hydrogens is 250 g/mol. The van der Waals surface area contributed by atoms with E-state index in [1.807, 2.05) is 17.1 Å². The summed E-state index contributed by atoms with van der Waals surface area (Å²) in [6, 6.07) is 0.323. The van der Waals surface area contributed by atoms with Crippen LogP contribution in [0.25, 0.3) is 11.3 Å². The minimum atomic E-state index is 0.323. The first-order valence-corrected chi connectivity index (χ1v) is 7.47. The predicted molar refractivity (Wildman–Crippen MR) is 82.5 cm³/mol. The molecule has 0 aromatic carbocycles. The zero-order chi connectivity index (χ0) is 14.7. The molecule has 0 spiro atoms. The molecule has 2 aromatic rings. The number of imidazole rings is 1. The largest absolute Gasteiger partial charge is 0.383 e. The summed E-state index contributed by atoms with van der Waals surface area (Å²) in [4.78, 5) is 4.75. The number of nitrogens with two attached hydrogens (primary N) is 1. The lowest BCUT2D eigenvalue weighted by molar-refractivity contribution is 0.571. The van der Waals surface area contributed by atoms with Gasteiger partial charge in [0.2, 0.25) is 0 Å². The molecule has 0 aliphatic heterocycles. The second-order valence-electron chi connectivity index (χ2n) is 5.47. The molecule has 2 aromatic heterocycles. The number of hydrogen-bond donors (Lipinski definition) is 1. The molecule has 0 aliphatic carbocycles. The van der Waals surface area contributed by atoms with Crippen molar-refractivity contribution in [2.45, 2.75) is 59.5 Å². The van der Waals surface area contributed by atoms with Gasteiger partial charge in [-0.2, -0.15) is 5.10 Å². The van der Waals surface area contributed by atoms with E-state index >= 15 is 0 Å². The van der Waals surface area contributed by atoms with Crippen LogP contribution < -0.4 is 5.73 Å². The topological polar surface area (TPSA) is 61.7 Å². The van der Waals surface area contributed by atoms with Gasteiger partial charge >= 0.3 is 0 Å². The smallest absolute Gasteiger partial charge is 0.132 e. The van der Waals surface area contributed by atoms with Gasteiger partial charge in [-0.25, -0.2) is 4.98 Å². The highest BCUT2D eigenvalue weighted by molar-refractivity contribution is 5.70. The van der Waals surface area contributed by atoms with Gasteiger partial charge in [-0.3, -0.25) is 4.68 Å². The SMILES string of the molecule is CCCc1nc(-c2cnn(CCC)c2)c(N)n1C(C)C. The third kappa shape index (κ3) is 2.71. The van der Waals surface area contributed by atoms with E-state index in [4.69, 9.17) is 10.7 Å². The monoisotopic (exact) mass is 275 g/mol. The van der Waals surface area contributed by atoms with Crippen molar-refractivity contribution in [3.63, 3.8) is 0 Å². The van der Waals surface area contributed by atoms with Crippen LogP contribution in [-0.4, -0.2) is 19.3 Å². The first-order valence-electron chi connectivity index (χ1n) is 7.47. The van der Waals surface area contributed by atoms with Gasteiger partial charge < -0.3 is 10.3 Å². The van der Waals surface area contributed by atoms with Crippen LogP contribution in [0, 0.1) is 0 Å². The first kappa shape index (κ1) is 14.6. The Balaban J connectivity index is 2.42. The minimum Gasteiger partial charge on any atom is -0.383 e. The second-order valence-corrected chi connectivity index (χ2v) is 5.47. The molecule has 0 bridgehead atoms. The van der Waals surface area contributed by atoms with Gasteiger partial charge in [0, 0.05) is 30.8 Å². The Hall–Kier alpha value is -1.78. The lowest BCUT2D eigenvalue weighted by Crippen LogP contribution is -2.09. The van der Waals surface area contributed by atoms with E-state index in [9.17, 15) is 0 Å². The summed E-state index contributed by atoms with van der Waals surface area (Å²) in [5, 5.41) is 4.37. The van der Waals surface area contributed by atoms with E-state index in [1.165, 1.54) is 0 Å². The predicted octanol–water partition coefficient (Wildman–Crippen LogP) is 3.27. The molecule has 0 atom stereocenters. The van der Waals surface area contributed by atoms with Crippen molar-refractivity contribution in [3.05, 3.63) is 18.2 Å². The number of nitrogens with zero attached hydrogens (tertiary/aromatic N) is 4. The third-order valence-electron chi connectivity index (χ3n) is 3.37. The van der Waals surface area contributed by atoms with Gasteiger partial charge in [-0.15, -0.1) is 0 Å². The summed E-state index contributed by atoms with van der Waals surface area (Å²) >= 11 is 0. The molecule has 5 heteroatoms. The maximum absolute atomic E-state index is 6.31. The van der Waals surface area contributed by atoms with Crippen molar-refractivity contribution in [1.29, 1.82) is 0 Å². The number of aromatic nitrogens is 4. The van der Waals surface area contributed by atoms with Gasteiger partial charge in [-0.1, -0.05) is 13.8 Å². The fourth-order valence-corrected chi connectivity index (χ4v) is 2.52. The second kappa shape index (κ2) is 6.11. The molecule has 110 valence electrons. The van der Waals surface area contributed by atoms with Gasteiger partial charge in [0.15, 0.2) is 0 Å². The fraction of sp³-hybridized carbons (Fsp3) is 0.600. The third-order valence-corrected chi connectivity index (χ3v) is 3.37. The summed E-state index contributed by atoms with van der Waals surface area (Å²) in [5.41, 5.74) is 8.19. The lowest BCUT2D eigenvalue weighted by atomic mass is 10.2. The summed E-state index contributed by atoms with van der Waals surface area (Å²) in [6.45, 7) is 9.51. The van der Waals surface area contributed by atoms with Gasteiger partial charge in [0.25, 0.3) is 0 Å². The molecule has 20 heavy (non-hydrogen) atoms. The van der Waals surface area contributed by atoms with Crippen LogP contribution in [0.5, 0.6) is 0 Å². The Labute approximate surface area is 120 Å². The van der Waals surface area contributed by atoms with Crippen LogP contribution in [0.1, 0.15) is 52.4 Å². The minimum absolute atomic E-state index is 0.323. The van der Waals surface area contributed by atoms with Gasteiger partial charge in [0.1, 0.15) is 17.3 Å². The molecule has 5 nitrogen and oxygen atoms in total. The number of anilines is 1. The Morgan fingerprint density at radius 3 is 2.60 bits per heavy atom. The Morgan fingerprint density at radius 1 is 1.25 bits per heavy atom. The van der Waals surface area contributed by atoms with E-state index in [0.29, 0.717) is 6.04 Å². The summed E-state index contributed by atoms with van der Waals surface area (Å²) < 4.78 is 4.08. The van der Waals surface area contributed by atoms with Crippen molar-refractivity contribution < 1.29 is 0 Å². The highest BCUT2D eigenvalue weighted by Gasteiger charge is 2.18. The van der Waals surface area contributed by atoms with E-state index in [0.717, 1.165) is 48.7 Å². The normalized spacial score (nSPS) is 11.4. The van der Waals surface area contributed by atoms with Crippen LogP contribution in [0.15, 0.2) is 12.4 Å². The summed E-state index contributed by atoms with van der Waals surface area (Å²) in [6.07, 6.45) is 6.97. The quantitative estimate of drug-likeness (QED) is 0.880. The Bertz CT molecular complexity index is 565. The van der Waals surface area contributed by atoms with E-state index in [1.54, 1.807) is 0 Å². The number of nitrogen functional groups attached to an aromatic ring is 1. The van der Waals surface area contributed by atoms with Gasteiger partial charge in [-0.05, 0) is 26.7 Å². The molecular formula is C15H25N5. The van der Waals surface area contributed by atoms with Crippen LogP contribution in [0.4, 0.5) is 5.82 Å². The Morgan fingerprint density at radius 2 is 2.00 bits per heavy atom. The van der Waals surface area contributed by atoms with Crippen molar-refractivity contribution in [1.82, 2.24) is 19.3 Å². The molecule has 0 amide bonds. The maximum atomic E-state index is 6.31. The molecule has 2 N–H and O–H groups in total. The zero-order valence-corrected chi connectivity index (χ0v) is 12.9. The van der Waals surface area contributed by atoms with Crippen molar-refractivity contribution >= 4 is 5.82 Å². The van der Waals surface area contributed by atoms with Crippen LogP contribution in [-0.2, 0) is 13.0 Å². The molecule has 0 saturated heterocycles. The maximum Gasteiger partial charge on any atom is 0.132 e. The summed E-state index contributed by atoms with van der Waals surface area (Å²) in [5.74, 6) is 1.82. The highest BCUT2D eigenvalue weighted by atomic mass is 15.3. The zero-order valence-electron chi connectivity index (χ0n) is 12.9. The molecule has 2 heterocycles. The highest BCUT2D eigenvalue weighted by Crippen LogP contribution is 2.29. The molecule has 0 saturated carbocycles. The van der Waals surface area contributed by atoms with Crippen molar-refractivity contribution in [3.8, 4) is 11.3 Å². The first-order chi connectivity index (χ1) is 9.58. The summed E-state index contributed by atoms with van der Waals surface area (Å²) in [7, 11) is 0. The number of rotatable bonds is 6. The van der Waals surface area contributed by atoms with Gasteiger partial charge in [0.05, 0.1) is 6.20 Å². The fourth-order valence-electron chi connectivity index (χ4n) is 2.52. The molecule has 0 radical (unpaired) electrons. The average Bonchev–Trinajstić information content (AvgIpc) is 2.95. The van der Waals surface area contributed by atoms with E-state index < -0.39 is 0 Å². The lowest BCUT2D eigenvalue weighted by Gasteiger charge is -2.13. The van der Waals surface area contributed by atoms with Crippen LogP contribution >= 0.6 is 0 Å². The molecule has 0 aliphatic rings. The standard InChI is InChI=1S/C15H25N5/c1-5-7-13-18-14(15(16)20(13)11(3)4)12-9-17-19(10-12)8-6-2/h9-11H,5-8,16H2,1-4H3.